The number of benzene rings is 3. The van der Waals surface area contributed by atoms with Gasteiger partial charge in [-0.3, -0.25) is 4.79 Å². The van der Waals surface area contributed by atoms with Gasteiger partial charge >= 0.3 is 0 Å². The zero-order valence-corrected chi connectivity index (χ0v) is 20.0. The molecule has 0 aliphatic rings. The summed E-state index contributed by atoms with van der Waals surface area (Å²) < 4.78 is 21.4. The molecule has 0 spiro atoms. The van der Waals surface area contributed by atoms with Crippen molar-refractivity contribution >= 4 is 29.3 Å². The van der Waals surface area contributed by atoms with Crippen molar-refractivity contribution in [3.8, 4) is 28.7 Å². The van der Waals surface area contributed by atoms with Crippen LogP contribution in [0.4, 0.5) is 11.4 Å². The molecule has 3 aromatic rings. The number of hydrogen-bond donors (Lipinski definition) is 3. The number of nitrogen functional groups attached to an aromatic ring is 1. The van der Waals surface area contributed by atoms with Gasteiger partial charge in [-0.15, -0.1) is 0 Å². The van der Waals surface area contributed by atoms with Crippen molar-refractivity contribution < 1.29 is 28.8 Å². The van der Waals surface area contributed by atoms with Gasteiger partial charge in [-0.05, 0) is 48.0 Å². The molecule has 0 aromatic heterocycles. The van der Waals surface area contributed by atoms with Crippen molar-refractivity contribution in [2.45, 2.75) is 0 Å². The molecule has 0 aliphatic heterocycles. The first-order valence-electron chi connectivity index (χ1n) is 10.6. The summed E-state index contributed by atoms with van der Waals surface area (Å²) in [5.74, 6) is 1.61. The highest BCUT2D eigenvalue weighted by Gasteiger charge is 2.13. The molecule has 8 nitrogen and oxygen atoms in total. The Hall–Kier alpha value is -4.59. The number of phenols is 1. The standard InChI is InChI=1S/C27H28N2O6/c1-32-24-16-21(29-12-11-22(30)18-7-9-20(28)10-8-18)19(15-23(24)31)6-5-17-13-25(33-2)27(35-4)26(14-17)34-3/h5-16,29,31H,28H2,1-4H3/b6-5-,12-11-. The third-order valence-electron chi connectivity index (χ3n) is 5.16. The van der Waals surface area contributed by atoms with Crippen LogP contribution >= 0.6 is 0 Å². The van der Waals surface area contributed by atoms with Crippen molar-refractivity contribution in [2.75, 3.05) is 39.5 Å². The Kier molecular flexibility index (Phi) is 8.24. The van der Waals surface area contributed by atoms with E-state index in [-0.39, 0.29) is 17.3 Å². The number of methoxy groups -OCH3 is 4. The molecule has 0 atom stereocenters. The molecule has 0 fully saturated rings. The third-order valence-corrected chi connectivity index (χ3v) is 5.16. The van der Waals surface area contributed by atoms with Gasteiger partial charge in [0.05, 0.1) is 28.4 Å². The number of aromatic hydroxyl groups is 1. The Bertz CT molecular complexity index is 1220. The number of ether oxygens (including phenoxy) is 4. The van der Waals surface area contributed by atoms with E-state index in [0.29, 0.717) is 39.8 Å². The van der Waals surface area contributed by atoms with Crippen LogP contribution < -0.4 is 30.0 Å². The number of phenolic OH excluding ortho intramolecular Hbond substituents is 1. The molecule has 0 radical (unpaired) electrons. The number of nitrogens with one attached hydrogen (secondary N) is 1. The Balaban J connectivity index is 1.90. The SMILES string of the molecule is COc1cc(N/C=C\C(=O)c2ccc(N)cc2)c(/C=C\c2cc(OC)c(OC)c(OC)c2)cc1O. The van der Waals surface area contributed by atoms with Crippen LogP contribution in [0.5, 0.6) is 28.7 Å². The highest BCUT2D eigenvalue weighted by Crippen LogP contribution is 2.39. The van der Waals surface area contributed by atoms with Gasteiger partial charge in [-0.25, -0.2) is 0 Å². The number of carbonyl (C=O) groups excluding carboxylic acids is 1. The zero-order chi connectivity index (χ0) is 25.4. The molecule has 8 heteroatoms. The van der Waals surface area contributed by atoms with E-state index in [2.05, 4.69) is 5.32 Å². The van der Waals surface area contributed by atoms with Gasteiger partial charge in [-0.2, -0.15) is 0 Å². The van der Waals surface area contributed by atoms with Crippen LogP contribution in [0, 0.1) is 0 Å². The smallest absolute Gasteiger partial charge is 0.203 e. The van der Waals surface area contributed by atoms with Gasteiger partial charge < -0.3 is 35.1 Å². The number of nitrogens with two attached hydrogens (primary N) is 1. The van der Waals surface area contributed by atoms with Crippen LogP contribution in [0.1, 0.15) is 21.5 Å². The fourth-order valence-electron chi connectivity index (χ4n) is 3.35. The van der Waals surface area contributed by atoms with Crippen LogP contribution in [-0.2, 0) is 0 Å². The summed E-state index contributed by atoms with van der Waals surface area (Å²) in [6, 6.07) is 13.5. The summed E-state index contributed by atoms with van der Waals surface area (Å²) in [5, 5.41) is 13.4. The van der Waals surface area contributed by atoms with E-state index in [4.69, 9.17) is 24.7 Å². The summed E-state index contributed by atoms with van der Waals surface area (Å²) in [4.78, 5) is 12.4. The Morgan fingerprint density at radius 3 is 2.06 bits per heavy atom. The van der Waals surface area contributed by atoms with E-state index in [9.17, 15) is 9.90 Å². The molecule has 0 heterocycles. The Morgan fingerprint density at radius 2 is 1.49 bits per heavy atom. The second-order valence-electron chi connectivity index (χ2n) is 7.37. The minimum absolute atomic E-state index is 0.0236. The Labute approximate surface area is 204 Å². The average molecular weight is 477 g/mol. The molecule has 182 valence electrons. The molecule has 0 unspecified atom stereocenters. The molecule has 0 aliphatic carbocycles. The van der Waals surface area contributed by atoms with Crippen molar-refractivity contribution in [3.63, 3.8) is 0 Å². The number of anilines is 2. The van der Waals surface area contributed by atoms with Crippen LogP contribution in [0.25, 0.3) is 12.2 Å². The summed E-state index contributed by atoms with van der Waals surface area (Å²) in [7, 11) is 6.10. The lowest BCUT2D eigenvalue weighted by molar-refractivity contribution is 0.104. The van der Waals surface area contributed by atoms with Gasteiger partial charge in [-0.1, -0.05) is 12.2 Å². The van der Waals surface area contributed by atoms with E-state index in [1.807, 2.05) is 6.08 Å². The van der Waals surface area contributed by atoms with Crippen molar-refractivity contribution in [3.05, 3.63) is 77.5 Å². The third kappa shape index (κ3) is 6.05. The second-order valence-corrected chi connectivity index (χ2v) is 7.37. The minimum atomic E-state index is -0.183. The van der Waals surface area contributed by atoms with Crippen LogP contribution in [-0.4, -0.2) is 39.3 Å². The van der Waals surface area contributed by atoms with E-state index in [0.717, 1.165) is 5.56 Å². The van der Waals surface area contributed by atoms with Gasteiger partial charge in [0.2, 0.25) is 5.75 Å². The molecule has 3 rings (SSSR count). The van der Waals surface area contributed by atoms with E-state index in [1.165, 1.54) is 19.4 Å². The normalized spacial score (nSPS) is 11.0. The van der Waals surface area contributed by atoms with Crippen molar-refractivity contribution in [2.24, 2.45) is 0 Å². The summed E-state index contributed by atoms with van der Waals surface area (Å²) >= 11 is 0. The number of allylic oxidation sites excluding steroid dienone is 1. The number of hydrogen-bond acceptors (Lipinski definition) is 8. The highest BCUT2D eigenvalue weighted by molar-refractivity contribution is 6.04. The van der Waals surface area contributed by atoms with E-state index < -0.39 is 0 Å². The lowest BCUT2D eigenvalue weighted by atomic mass is 10.1. The van der Waals surface area contributed by atoms with Crippen LogP contribution in [0.3, 0.4) is 0 Å². The highest BCUT2D eigenvalue weighted by atomic mass is 16.5. The molecule has 4 N–H and O–H groups in total. The van der Waals surface area contributed by atoms with E-state index >= 15 is 0 Å². The predicted molar refractivity (Wildman–Crippen MR) is 138 cm³/mol. The number of carbonyl (C=O) groups is 1. The molecule has 0 amide bonds. The number of rotatable bonds is 10. The summed E-state index contributed by atoms with van der Waals surface area (Å²) in [5.41, 5.74) is 8.84. The first-order chi connectivity index (χ1) is 16.9. The van der Waals surface area contributed by atoms with E-state index in [1.54, 1.807) is 75.9 Å². The maximum atomic E-state index is 12.4. The van der Waals surface area contributed by atoms with Crippen molar-refractivity contribution in [1.82, 2.24) is 0 Å². The van der Waals surface area contributed by atoms with Crippen LogP contribution in [0.15, 0.2) is 60.8 Å². The van der Waals surface area contributed by atoms with Crippen molar-refractivity contribution in [1.29, 1.82) is 0 Å². The molecule has 35 heavy (non-hydrogen) atoms. The topological polar surface area (TPSA) is 112 Å². The molecule has 3 aromatic carbocycles. The first kappa shape index (κ1) is 25.0. The molecule has 0 saturated carbocycles. The number of ketones is 1. The quantitative estimate of drug-likeness (QED) is 0.123. The maximum Gasteiger partial charge on any atom is 0.203 e. The molecular formula is C27H28N2O6. The zero-order valence-electron chi connectivity index (χ0n) is 20.0. The Morgan fingerprint density at radius 1 is 0.857 bits per heavy atom. The average Bonchev–Trinajstić information content (AvgIpc) is 2.87. The fraction of sp³-hybridized carbons (Fsp3) is 0.148. The monoisotopic (exact) mass is 476 g/mol. The van der Waals surface area contributed by atoms with Gasteiger partial charge in [0, 0.05) is 40.8 Å². The molecule has 0 saturated heterocycles. The second kappa shape index (κ2) is 11.5. The summed E-state index contributed by atoms with van der Waals surface area (Å²) in [6.07, 6.45) is 6.58. The lowest BCUT2D eigenvalue weighted by Gasteiger charge is -2.13. The predicted octanol–water partition coefficient (Wildman–Crippen LogP) is 4.99. The first-order valence-corrected chi connectivity index (χ1v) is 10.6. The minimum Gasteiger partial charge on any atom is -0.504 e. The molecule has 0 bridgehead atoms. The van der Waals surface area contributed by atoms with Gasteiger partial charge in [0.1, 0.15) is 0 Å². The largest absolute Gasteiger partial charge is 0.504 e. The maximum absolute atomic E-state index is 12.4. The van der Waals surface area contributed by atoms with Crippen LogP contribution in [0.2, 0.25) is 0 Å². The summed E-state index contributed by atoms with van der Waals surface area (Å²) in [6.45, 7) is 0. The molecular weight excluding hydrogens is 448 g/mol. The lowest BCUT2D eigenvalue weighted by Crippen LogP contribution is -1.98. The van der Waals surface area contributed by atoms with Gasteiger partial charge in [0.25, 0.3) is 0 Å². The van der Waals surface area contributed by atoms with Gasteiger partial charge in [0.15, 0.2) is 28.8 Å². The fourth-order valence-corrected chi connectivity index (χ4v) is 3.35.